The first kappa shape index (κ1) is 27.4. The highest BCUT2D eigenvalue weighted by Gasteiger charge is 2.22. The minimum absolute atomic E-state index is 0.0176. The molecule has 0 amide bonds. The Morgan fingerprint density at radius 1 is 1.03 bits per heavy atom. The SMILES string of the molecule is CC.CC.CCCCc1oc2ccccc2c1C(=O)c1cc(C)c(OCCNC)c(C)c1. The molecule has 1 N–H and O–H groups in total. The fourth-order valence-electron chi connectivity index (χ4n) is 3.57. The lowest BCUT2D eigenvalue weighted by Gasteiger charge is -2.14. The molecule has 4 heteroatoms. The molecule has 0 saturated heterocycles. The van der Waals surface area contributed by atoms with Gasteiger partial charge in [0.15, 0.2) is 5.78 Å². The Morgan fingerprint density at radius 2 is 1.66 bits per heavy atom. The van der Waals surface area contributed by atoms with E-state index in [0.717, 1.165) is 59.4 Å². The molecule has 0 radical (unpaired) electrons. The molecular weight excluding hydrogens is 398 g/mol. The zero-order valence-electron chi connectivity index (χ0n) is 21.2. The molecule has 0 unspecified atom stereocenters. The summed E-state index contributed by atoms with van der Waals surface area (Å²) in [4.78, 5) is 13.5. The first-order valence-corrected chi connectivity index (χ1v) is 12.0. The van der Waals surface area contributed by atoms with Crippen molar-refractivity contribution in [2.24, 2.45) is 0 Å². The highest BCUT2D eigenvalue weighted by Crippen LogP contribution is 2.31. The number of likely N-dealkylation sites (N-methyl/N-ethyl adjacent to an activating group) is 1. The smallest absolute Gasteiger partial charge is 0.197 e. The summed E-state index contributed by atoms with van der Waals surface area (Å²) in [5, 5.41) is 3.97. The average molecular weight is 440 g/mol. The van der Waals surface area contributed by atoms with Crippen LogP contribution in [0.2, 0.25) is 0 Å². The van der Waals surface area contributed by atoms with Gasteiger partial charge in [-0.25, -0.2) is 0 Å². The van der Waals surface area contributed by atoms with Crippen molar-refractivity contribution in [3.8, 4) is 5.75 Å². The van der Waals surface area contributed by atoms with Crippen molar-refractivity contribution in [1.29, 1.82) is 0 Å². The van der Waals surface area contributed by atoms with E-state index in [1.165, 1.54) is 0 Å². The molecule has 0 fully saturated rings. The van der Waals surface area contributed by atoms with E-state index in [1.54, 1.807) is 0 Å². The number of rotatable bonds is 9. The molecule has 176 valence electrons. The molecular formula is C28H41NO3. The van der Waals surface area contributed by atoms with Gasteiger partial charge in [0, 0.05) is 23.9 Å². The van der Waals surface area contributed by atoms with Crippen molar-refractivity contribution >= 4 is 16.8 Å². The molecule has 1 heterocycles. The molecule has 3 rings (SSSR count). The number of unbranched alkanes of at least 4 members (excludes halogenated alkanes) is 1. The van der Waals surface area contributed by atoms with Gasteiger partial charge in [-0.2, -0.15) is 0 Å². The van der Waals surface area contributed by atoms with Crippen molar-refractivity contribution in [1.82, 2.24) is 5.32 Å². The van der Waals surface area contributed by atoms with Crippen LogP contribution in [0.5, 0.6) is 5.75 Å². The number of nitrogens with one attached hydrogen (secondary N) is 1. The van der Waals surface area contributed by atoms with Crippen LogP contribution < -0.4 is 10.1 Å². The summed E-state index contributed by atoms with van der Waals surface area (Å²) < 4.78 is 11.9. The van der Waals surface area contributed by atoms with E-state index < -0.39 is 0 Å². The van der Waals surface area contributed by atoms with Gasteiger partial charge in [-0.15, -0.1) is 0 Å². The third-order valence-electron chi connectivity index (χ3n) is 4.97. The first-order chi connectivity index (χ1) is 15.6. The Bertz CT molecular complexity index is 949. The summed E-state index contributed by atoms with van der Waals surface area (Å²) in [6, 6.07) is 11.6. The molecule has 0 bridgehead atoms. The van der Waals surface area contributed by atoms with Gasteiger partial charge in [0.2, 0.25) is 0 Å². The van der Waals surface area contributed by atoms with Crippen LogP contribution in [0.1, 0.15) is 80.3 Å². The number of carbonyl (C=O) groups is 1. The van der Waals surface area contributed by atoms with Crippen molar-refractivity contribution in [3.05, 3.63) is 64.4 Å². The number of aryl methyl sites for hydroxylation is 3. The molecule has 32 heavy (non-hydrogen) atoms. The molecule has 3 aromatic rings. The second-order valence-corrected chi connectivity index (χ2v) is 7.22. The molecule has 0 atom stereocenters. The molecule has 0 aliphatic carbocycles. The minimum atomic E-state index is 0.0176. The average Bonchev–Trinajstić information content (AvgIpc) is 3.19. The predicted molar refractivity (Wildman–Crippen MR) is 136 cm³/mol. The number of furan rings is 1. The zero-order valence-corrected chi connectivity index (χ0v) is 21.2. The van der Waals surface area contributed by atoms with Crippen molar-refractivity contribution < 1.29 is 13.9 Å². The van der Waals surface area contributed by atoms with Gasteiger partial charge < -0.3 is 14.5 Å². The van der Waals surface area contributed by atoms with E-state index >= 15 is 0 Å². The third-order valence-corrected chi connectivity index (χ3v) is 4.97. The maximum Gasteiger partial charge on any atom is 0.197 e. The monoisotopic (exact) mass is 439 g/mol. The maximum atomic E-state index is 13.5. The number of para-hydroxylation sites is 1. The third kappa shape index (κ3) is 6.70. The molecule has 0 aliphatic heterocycles. The van der Waals surface area contributed by atoms with E-state index in [2.05, 4.69) is 12.2 Å². The Hall–Kier alpha value is -2.59. The van der Waals surface area contributed by atoms with E-state index in [0.29, 0.717) is 17.7 Å². The topological polar surface area (TPSA) is 51.5 Å². The maximum absolute atomic E-state index is 13.5. The van der Waals surface area contributed by atoms with Crippen LogP contribution in [0.25, 0.3) is 11.0 Å². The van der Waals surface area contributed by atoms with Gasteiger partial charge in [0.05, 0.1) is 5.56 Å². The van der Waals surface area contributed by atoms with Gasteiger partial charge in [-0.05, 0) is 56.6 Å². The number of carbonyl (C=O) groups excluding carboxylic acids is 1. The van der Waals surface area contributed by atoms with Crippen molar-refractivity contribution in [3.63, 3.8) is 0 Å². The van der Waals surface area contributed by atoms with E-state index in [9.17, 15) is 4.79 Å². The van der Waals surface area contributed by atoms with Crippen LogP contribution >= 0.6 is 0 Å². The number of ether oxygens (including phenoxy) is 1. The number of fused-ring (bicyclic) bond motifs is 1. The number of benzene rings is 2. The van der Waals surface area contributed by atoms with Crippen LogP contribution in [0.3, 0.4) is 0 Å². The van der Waals surface area contributed by atoms with Crippen LogP contribution in [-0.4, -0.2) is 26.0 Å². The highest BCUT2D eigenvalue weighted by atomic mass is 16.5. The van der Waals surface area contributed by atoms with Crippen LogP contribution in [0.4, 0.5) is 0 Å². The van der Waals surface area contributed by atoms with E-state index in [4.69, 9.17) is 9.15 Å². The normalized spacial score (nSPS) is 10.1. The summed E-state index contributed by atoms with van der Waals surface area (Å²) in [5.74, 6) is 1.66. The summed E-state index contributed by atoms with van der Waals surface area (Å²) >= 11 is 0. The van der Waals surface area contributed by atoms with Gasteiger partial charge in [0.25, 0.3) is 0 Å². The predicted octanol–water partition coefficient (Wildman–Crippen LogP) is 7.27. The van der Waals surface area contributed by atoms with Crippen LogP contribution in [-0.2, 0) is 6.42 Å². The van der Waals surface area contributed by atoms with Crippen molar-refractivity contribution in [2.75, 3.05) is 20.2 Å². The van der Waals surface area contributed by atoms with Gasteiger partial charge in [0.1, 0.15) is 23.7 Å². The Balaban J connectivity index is 0.00000121. The molecule has 0 saturated carbocycles. The zero-order chi connectivity index (χ0) is 24.1. The lowest BCUT2D eigenvalue weighted by atomic mass is 9.95. The van der Waals surface area contributed by atoms with E-state index in [-0.39, 0.29) is 5.78 Å². The molecule has 0 spiro atoms. The second-order valence-electron chi connectivity index (χ2n) is 7.22. The Labute approximate surface area is 194 Å². The largest absolute Gasteiger partial charge is 0.492 e. The van der Waals surface area contributed by atoms with E-state index in [1.807, 2.05) is 85.0 Å². The second kappa shape index (κ2) is 14.5. The summed E-state index contributed by atoms with van der Waals surface area (Å²) in [5.41, 5.74) is 4.11. The first-order valence-electron chi connectivity index (χ1n) is 12.0. The highest BCUT2D eigenvalue weighted by molar-refractivity contribution is 6.17. The number of hydrogen-bond acceptors (Lipinski definition) is 4. The van der Waals surface area contributed by atoms with Gasteiger partial charge >= 0.3 is 0 Å². The van der Waals surface area contributed by atoms with Crippen molar-refractivity contribution in [2.45, 2.75) is 67.7 Å². The summed E-state index contributed by atoms with van der Waals surface area (Å²) in [7, 11) is 1.90. The number of hydrogen-bond donors (Lipinski definition) is 1. The van der Waals surface area contributed by atoms with Crippen LogP contribution in [0.15, 0.2) is 40.8 Å². The Morgan fingerprint density at radius 3 is 2.25 bits per heavy atom. The fourth-order valence-corrected chi connectivity index (χ4v) is 3.57. The lowest BCUT2D eigenvalue weighted by Crippen LogP contribution is -2.17. The lowest BCUT2D eigenvalue weighted by molar-refractivity contribution is 0.103. The van der Waals surface area contributed by atoms with Crippen LogP contribution in [0, 0.1) is 13.8 Å². The number of ketones is 1. The molecule has 4 nitrogen and oxygen atoms in total. The van der Waals surface area contributed by atoms with Gasteiger partial charge in [-0.1, -0.05) is 59.2 Å². The van der Waals surface area contributed by atoms with Gasteiger partial charge in [-0.3, -0.25) is 4.79 Å². The standard InChI is InChI=1S/C24H29NO3.2C2H6/c1-5-6-10-21-22(19-9-7-8-11-20(19)28-21)23(26)18-14-16(2)24(17(3)15-18)27-13-12-25-4;2*1-2/h7-9,11,14-15,25H,5-6,10,12-13H2,1-4H3;2*1-2H3. The molecule has 0 aliphatic rings. The molecule has 1 aromatic heterocycles. The fraction of sp³-hybridized carbons (Fsp3) is 0.464. The summed E-state index contributed by atoms with van der Waals surface area (Å²) in [6.07, 6.45) is 2.83. The summed E-state index contributed by atoms with van der Waals surface area (Å²) in [6.45, 7) is 15.5. The minimum Gasteiger partial charge on any atom is -0.492 e. The Kier molecular flexibility index (Phi) is 12.4. The molecule has 2 aromatic carbocycles. The quantitative estimate of drug-likeness (QED) is 0.281.